The molecule has 1 saturated heterocycles. The summed E-state index contributed by atoms with van der Waals surface area (Å²) in [5, 5.41) is 14.1. The van der Waals surface area contributed by atoms with Gasteiger partial charge in [-0.05, 0) is 41.9 Å². The minimum Gasteiger partial charge on any atom is -0.384 e. The fourth-order valence-corrected chi connectivity index (χ4v) is 4.07. The van der Waals surface area contributed by atoms with Crippen molar-refractivity contribution in [1.82, 2.24) is 14.5 Å². The Balaban J connectivity index is 1.46. The van der Waals surface area contributed by atoms with Gasteiger partial charge in [0, 0.05) is 67.6 Å². The van der Waals surface area contributed by atoms with E-state index in [1.807, 2.05) is 6.92 Å². The molecule has 0 saturated carbocycles. The first-order chi connectivity index (χ1) is 14.4. The van der Waals surface area contributed by atoms with Gasteiger partial charge < -0.3 is 10.2 Å². The number of nitro groups is 1. The lowest BCUT2D eigenvalue weighted by atomic mass is 10.2. The summed E-state index contributed by atoms with van der Waals surface area (Å²) in [6.45, 7) is 7.28. The van der Waals surface area contributed by atoms with Crippen LogP contribution in [0.15, 0.2) is 38.3 Å². The third-order valence-corrected chi connectivity index (χ3v) is 5.81. The van der Waals surface area contributed by atoms with Gasteiger partial charge in [-0.1, -0.05) is 0 Å². The Labute approximate surface area is 181 Å². The van der Waals surface area contributed by atoms with Crippen LogP contribution in [-0.2, 0) is 6.54 Å². The molecule has 0 unspecified atom stereocenters. The van der Waals surface area contributed by atoms with Gasteiger partial charge >= 0.3 is 5.69 Å². The molecule has 1 aromatic carbocycles. The molecule has 30 heavy (non-hydrogen) atoms. The molecule has 0 atom stereocenters. The average molecular weight is 481 g/mol. The molecule has 3 rings (SSSR count). The minimum absolute atomic E-state index is 0.0548. The molecule has 0 aliphatic carbocycles. The van der Waals surface area contributed by atoms with Gasteiger partial charge in [0.2, 0.25) is 0 Å². The van der Waals surface area contributed by atoms with Gasteiger partial charge in [-0.15, -0.1) is 0 Å². The van der Waals surface area contributed by atoms with Crippen molar-refractivity contribution < 1.29 is 4.92 Å². The molecule has 162 valence electrons. The summed E-state index contributed by atoms with van der Waals surface area (Å²) < 4.78 is 2.26. The average Bonchev–Trinajstić information content (AvgIpc) is 2.72. The van der Waals surface area contributed by atoms with Crippen molar-refractivity contribution >= 4 is 33.1 Å². The number of rotatable bonds is 8. The number of aromatic amines is 1. The molecule has 2 heterocycles. The number of nitrogens with one attached hydrogen (secondary N) is 2. The lowest BCUT2D eigenvalue weighted by Gasteiger charge is -2.36. The number of H-pyrrole nitrogens is 1. The van der Waals surface area contributed by atoms with Crippen LogP contribution in [0.5, 0.6) is 0 Å². The van der Waals surface area contributed by atoms with Gasteiger partial charge in [-0.2, -0.15) is 0 Å². The monoisotopic (exact) mass is 480 g/mol. The van der Waals surface area contributed by atoms with E-state index < -0.39 is 4.92 Å². The molecule has 1 aromatic heterocycles. The predicted octanol–water partition coefficient (Wildman–Crippen LogP) is 1.85. The number of benzene rings is 1. The van der Waals surface area contributed by atoms with Crippen molar-refractivity contribution in [3.05, 3.63) is 59.7 Å². The Morgan fingerprint density at radius 3 is 2.57 bits per heavy atom. The Morgan fingerprint density at radius 1 is 1.20 bits per heavy atom. The number of non-ortho nitro benzene ring substituents is 1. The maximum atomic E-state index is 12.0. The molecule has 1 aliphatic rings. The summed E-state index contributed by atoms with van der Waals surface area (Å²) in [6.07, 6.45) is 0.925. The van der Waals surface area contributed by atoms with Gasteiger partial charge in [0.15, 0.2) is 0 Å². The topological polar surface area (TPSA) is 117 Å². The fraction of sp³-hybridized carbons (Fsp3) is 0.474. The van der Waals surface area contributed by atoms with Crippen molar-refractivity contribution in [1.29, 1.82) is 0 Å². The van der Waals surface area contributed by atoms with Crippen LogP contribution >= 0.6 is 15.9 Å². The van der Waals surface area contributed by atoms with Crippen LogP contribution in [0.1, 0.15) is 13.3 Å². The van der Waals surface area contributed by atoms with Crippen molar-refractivity contribution in [2.24, 2.45) is 0 Å². The Morgan fingerprint density at radius 2 is 1.93 bits per heavy atom. The van der Waals surface area contributed by atoms with Gasteiger partial charge in [0.25, 0.3) is 11.2 Å². The van der Waals surface area contributed by atoms with E-state index >= 15 is 0 Å². The van der Waals surface area contributed by atoms with Crippen LogP contribution in [0.2, 0.25) is 0 Å². The zero-order valence-electron chi connectivity index (χ0n) is 16.8. The summed E-state index contributed by atoms with van der Waals surface area (Å²) in [5.74, 6) is 0.676. The number of aromatic nitrogens is 2. The van der Waals surface area contributed by atoms with Gasteiger partial charge in [-0.25, -0.2) is 4.79 Å². The summed E-state index contributed by atoms with van der Waals surface area (Å²) in [5.41, 5.74) is 0.146. The van der Waals surface area contributed by atoms with Gasteiger partial charge in [0.05, 0.1) is 4.92 Å². The third kappa shape index (κ3) is 5.28. The molecule has 0 amide bonds. The SMILES string of the molecule is CCn1c(N2CCN(CCCNc3ccc([N+](=O)[O-])cc3Br)CC2)cc(=O)[nH]c1=O. The number of piperazine rings is 1. The van der Waals surface area contributed by atoms with E-state index in [1.54, 1.807) is 10.6 Å². The fourth-order valence-electron chi connectivity index (χ4n) is 3.56. The first-order valence-electron chi connectivity index (χ1n) is 9.88. The number of nitrogens with zero attached hydrogens (tertiary/aromatic N) is 4. The second kappa shape index (κ2) is 9.90. The third-order valence-electron chi connectivity index (χ3n) is 5.15. The molecule has 2 N–H and O–H groups in total. The minimum atomic E-state index is -0.417. The second-order valence-corrected chi connectivity index (χ2v) is 7.93. The molecule has 11 heteroatoms. The molecule has 1 fully saturated rings. The number of anilines is 2. The standard InChI is InChI=1S/C19H25BrN6O4/c1-2-25-18(13-17(27)22-19(25)28)24-10-8-23(9-11-24)7-3-6-21-16-5-4-14(26(29)30)12-15(16)20/h4-5,12-13,21H,2-3,6-11H2,1H3,(H,22,27,28). The van der Waals surface area contributed by atoms with Crippen molar-refractivity contribution in [2.45, 2.75) is 19.9 Å². The van der Waals surface area contributed by atoms with Crippen LogP contribution in [0.4, 0.5) is 17.2 Å². The highest BCUT2D eigenvalue weighted by atomic mass is 79.9. The normalized spacial score (nSPS) is 14.7. The van der Waals surface area contributed by atoms with Crippen molar-refractivity contribution in [3.8, 4) is 0 Å². The van der Waals surface area contributed by atoms with E-state index in [1.165, 1.54) is 18.2 Å². The maximum absolute atomic E-state index is 12.0. The zero-order valence-corrected chi connectivity index (χ0v) is 18.4. The smallest absolute Gasteiger partial charge is 0.329 e. The van der Waals surface area contributed by atoms with E-state index in [0.717, 1.165) is 51.4 Å². The van der Waals surface area contributed by atoms with E-state index in [0.29, 0.717) is 16.8 Å². The van der Waals surface area contributed by atoms with E-state index in [4.69, 9.17) is 0 Å². The Kier molecular flexibility index (Phi) is 7.27. The molecule has 1 aliphatic heterocycles. The highest BCUT2D eigenvalue weighted by Crippen LogP contribution is 2.27. The van der Waals surface area contributed by atoms with Crippen molar-refractivity contribution in [3.63, 3.8) is 0 Å². The van der Waals surface area contributed by atoms with Gasteiger partial charge in [-0.3, -0.25) is 29.4 Å². The second-order valence-electron chi connectivity index (χ2n) is 7.07. The number of nitro benzene ring substituents is 1. The van der Waals surface area contributed by atoms with Gasteiger partial charge in [0.1, 0.15) is 5.82 Å². The highest BCUT2D eigenvalue weighted by molar-refractivity contribution is 9.10. The number of hydrogen-bond acceptors (Lipinski definition) is 7. The molecule has 0 radical (unpaired) electrons. The largest absolute Gasteiger partial charge is 0.384 e. The molecule has 0 spiro atoms. The van der Waals surface area contributed by atoms with Crippen LogP contribution in [0.25, 0.3) is 0 Å². The lowest BCUT2D eigenvalue weighted by Crippen LogP contribution is -2.49. The maximum Gasteiger partial charge on any atom is 0.329 e. The summed E-state index contributed by atoms with van der Waals surface area (Å²) >= 11 is 3.36. The Bertz CT molecular complexity index is 1010. The first-order valence-corrected chi connectivity index (χ1v) is 10.7. The van der Waals surface area contributed by atoms with Crippen LogP contribution in [0.3, 0.4) is 0 Å². The summed E-state index contributed by atoms with van der Waals surface area (Å²) in [4.78, 5) is 40.8. The quantitative estimate of drug-likeness (QED) is 0.336. The van der Waals surface area contributed by atoms with E-state index in [9.17, 15) is 19.7 Å². The van der Waals surface area contributed by atoms with Crippen LogP contribution in [-0.4, -0.2) is 58.6 Å². The molecule has 0 bridgehead atoms. The number of hydrogen-bond donors (Lipinski definition) is 2. The molecular formula is C19H25BrN6O4. The number of halogens is 1. The highest BCUT2D eigenvalue weighted by Gasteiger charge is 2.20. The van der Waals surface area contributed by atoms with E-state index in [2.05, 4.69) is 36.0 Å². The van der Waals surface area contributed by atoms with Crippen LogP contribution in [0, 0.1) is 10.1 Å². The van der Waals surface area contributed by atoms with Crippen molar-refractivity contribution in [2.75, 3.05) is 49.5 Å². The van der Waals surface area contributed by atoms with E-state index in [-0.39, 0.29) is 16.9 Å². The Hall–Kier alpha value is -2.66. The molecule has 2 aromatic rings. The lowest BCUT2D eigenvalue weighted by molar-refractivity contribution is -0.384. The zero-order chi connectivity index (χ0) is 21.7. The summed E-state index contributed by atoms with van der Waals surface area (Å²) in [6, 6.07) is 6.17. The summed E-state index contributed by atoms with van der Waals surface area (Å²) in [7, 11) is 0. The predicted molar refractivity (Wildman–Crippen MR) is 120 cm³/mol. The molecule has 10 nitrogen and oxygen atoms in total. The molecular weight excluding hydrogens is 456 g/mol. The van der Waals surface area contributed by atoms with Crippen LogP contribution < -0.4 is 21.5 Å². The first kappa shape index (κ1) is 22.0.